The number of carbonyl (C=O) groups is 1. The third-order valence-corrected chi connectivity index (χ3v) is 8.52. The maximum absolute atomic E-state index is 12.8. The third-order valence-electron chi connectivity index (χ3n) is 6.61. The van der Waals surface area contributed by atoms with Crippen molar-refractivity contribution in [3.05, 3.63) is 65.2 Å². The number of hydrogen-bond donors (Lipinski definition) is 1. The van der Waals surface area contributed by atoms with Crippen molar-refractivity contribution >= 4 is 15.9 Å². The normalized spacial score (nSPS) is 18.0. The molecule has 34 heavy (non-hydrogen) atoms. The first kappa shape index (κ1) is 24.9. The number of morpholine rings is 1. The molecule has 2 aliphatic rings. The number of benzene rings is 2. The Labute approximate surface area is 203 Å². The Kier molecular flexibility index (Phi) is 8.72. The molecule has 1 N–H and O–H groups in total. The summed E-state index contributed by atoms with van der Waals surface area (Å²) in [5, 5.41) is 3.04. The molecule has 2 aliphatic heterocycles. The number of amides is 1. The van der Waals surface area contributed by atoms with Crippen LogP contribution in [0.25, 0.3) is 0 Å². The summed E-state index contributed by atoms with van der Waals surface area (Å²) in [6, 6.07) is 15.2. The van der Waals surface area contributed by atoms with Crippen LogP contribution >= 0.6 is 0 Å². The van der Waals surface area contributed by atoms with Crippen LogP contribution in [-0.4, -0.2) is 62.9 Å². The van der Waals surface area contributed by atoms with Crippen LogP contribution in [0.15, 0.2) is 53.4 Å². The van der Waals surface area contributed by atoms with E-state index in [-0.39, 0.29) is 5.91 Å². The van der Waals surface area contributed by atoms with E-state index >= 15 is 0 Å². The van der Waals surface area contributed by atoms with Crippen molar-refractivity contribution < 1.29 is 17.9 Å². The van der Waals surface area contributed by atoms with E-state index in [1.807, 2.05) is 24.3 Å². The van der Waals surface area contributed by atoms with Gasteiger partial charge in [0.1, 0.15) is 0 Å². The lowest BCUT2D eigenvalue weighted by molar-refractivity contribution is -0.121. The molecular weight excluding hydrogens is 450 g/mol. The Morgan fingerprint density at radius 3 is 2.26 bits per heavy atom. The standard InChI is InChI=1S/C26H35N3O4S/c30-26(27-20-23-6-2-3-7-24(23)21-28-16-18-33-19-17-28)13-10-22-8-11-25(12-9-22)34(31,32)29-14-4-1-5-15-29/h2-3,6-9,11-12H,1,4-5,10,13-21H2,(H,27,30). The highest BCUT2D eigenvalue weighted by Gasteiger charge is 2.25. The van der Waals surface area contributed by atoms with E-state index in [1.165, 1.54) is 5.56 Å². The zero-order chi connectivity index (χ0) is 23.8. The Balaban J connectivity index is 1.26. The summed E-state index contributed by atoms with van der Waals surface area (Å²) >= 11 is 0. The number of rotatable bonds is 9. The lowest BCUT2D eigenvalue weighted by Gasteiger charge is -2.27. The quantitative estimate of drug-likeness (QED) is 0.591. The van der Waals surface area contributed by atoms with Crippen molar-refractivity contribution in [3.63, 3.8) is 0 Å². The van der Waals surface area contributed by atoms with Crippen molar-refractivity contribution in [2.45, 2.75) is 50.1 Å². The smallest absolute Gasteiger partial charge is 0.243 e. The molecule has 4 rings (SSSR count). The summed E-state index contributed by atoms with van der Waals surface area (Å²) in [5.74, 6) is -0.00816. The number of aryl methyl sites for hydroxylation is 1. The average Bonchev–Trinajstić information content (AvgIpc) is 2.88. The number of nitrogens with one attached hydrogen (secondary N) is 1. The Bertz CT molecular complexity index is 1040. The second-order valence-corrected chi connectivity index (χ2v) is 11.0. The van der Waals surface area contributed by atoms with Crippen molar-refractivity contribution in [1.82, 2.24) is 14.5 Å². The highest BCUT2D eigenvalue weighted by atomic mass is 32.2. The summed E-state index contributed by atoms with van der Waals surface area (Å²) in [6.45, 7) is 5.96. The monoisotopic (exact) mass is 485 g/mol. The van der Waals surface area contributed by atoms with Gasteiger partial charge in [-0.2, -0.15) is 4.31 Å². The van der Waals surface area contributed by atoms with Crippen LogP contribution in [0.2, 0.25) is 0 Å². The van der Waals surface area contributed by atoms with E-state index in [9.17, 15) is 13.2 Å². The Morgan fingerprint density at radius 2 is 1.56 bits per heavy atom. The molecule has 2 saturated heterocycles. The molecule has 0 radical (unpaired) electrons. The second-order valence-electron chi connectivity index (χ2n) is 9.04. The molecule has 0 bridgehead atoms. The first-order chi connectivity index (χ1) is 16.5. The van der Waals surface area contributed by atoms with Crippen LogP contribution in [0.1, 0.15) is 42.4 Å². The third kappa shape index (κ3) is 6.66. The fourth-order valence-electron chi connectivity index (χ4n) is 4.51. The van der Waals surface area contributed by atoms with Crippen LogP contribution in [-0.2, 0) is 39.1 Å². The number of nitrogens with zero attached hydrogens (tertiary/aromatic N) is 2. The van der Waals surface area contributed by atoms with Crippen LogP contribution < -0.4 is 5.32 Å². The summed E-state index contributed by atoms with van der Waals surface area (Å²) in [7, 11) is -3.42. The van der Waals surface area contributed by atoms with Crippen molar-refractivity contribution in [2.75, 3.05) is 39.4 Å². The number of ether oxygens (including phenoxy) is 1. The van der Waals surface area contributed by atoms with Gasteiger partial charge in [-0.25, -0.2) is 8.42 Å². The number of hydrogen-bond acceptors (Lipinski definition) is 5. The Morgan fingerprint density at radius 1 is 0.882 bits per heavy atom. The summed E-state index contributed by atoms with van der Waals surface area (Å²) < 4.78 is 32.6. The zero-order valence-electron chi connectivity index (χ0n) is 19.7. The Hall–Kier alpha value is -2.26. The molecule has 0 aliphatic carbocycles. The highest BCUT2D eigenvalue weighted by molar-refractivity contribution is 7.89. The van der Waals surface area contributed by atoms with Crippen molar-refractivity contribution in [1.29, 1.82) is 0 Å². The molecule has 8 heteroatoms. The minimum absolute atomic E-state index is 0.00816. The van der Waals surface area contributed by atoms with Gasteiger partial charge in [0, 0.05) is 45.7 Å². The molecule has 1 amide bonds. The van der Waals surface area contributed by atoms with E-state index in [2.05, 4.69) is 22.3 Å². The SMILES string of the molecule is O=C(CCc1ccc(S(=O)(=O)N2CCCCC2)cc1)NCc1ccccc1CN1CCOCC1. The molecular formula is C26H35N3O4S. The summed E-state index contributed by atoms with van der Waals surface area (Å²) in [6.07, 6.45) is 3.87. The van der Waals surface area contributed by atoms with Crippen molar-refractivity contribution in [3.8, 4) is 0 Å². The minimum Gasteiger partial charge on any atom is -0.379 e. The molecule has 0 aromatic heterocycles. The van der Waals surface area contributed by atoms with Gasteiger partial charge in [0.05, 0.1) is 18.1 Å². The van der Waals surface area contributed by atoms with Crippen LogP contribution in [0.3, 0.4) is 0 Å². The van der Waals surface area contributed by atoms with Crippen LogP contribution in [0.4, 0.5) is 0 Å². The lowest BCUT2D eigenvalue weighted by Crippen LogP contribution is -2.36. The molecule has 0 saturated carbocycles. The molecule has 7 nitrogen and oxygen atoms in total. The molecule has 2 aromatic carbocycles. The van der Waals surface area contributed by atoms with Gasteiger partial charge in [0.2, 0.25) is 15.9 Å². The van der Waals surface area contributed by atoms with Gasteiger partial charge in [-0.3, -0.25) is 9.69 Å². The number of piperidine rings is 1. The van der Waals surface area contributed by atoms with E-state index in [0.717, 1.165) is 63.2 Å². The molecule has 184 valence electrons. The van der Waals surface area contributed by atoms with Gasteiger partial charge >= 0.3 is 0 Å². The summed E-state index contributed by atoms with van der Waals surface area (Å²) in [5.41, 5.74) is 3.32. The first-order valence-corrected chi connectivity index (χ1v) is 13.7. The number of sulfonamides is 1. The maximum atomic E-state index is 12.8. The van der Waals surface area contributed by atoms with Crippen molar-refractivity contribution in [2.24, 2.45) is 0 Å². The van der Waals surface area contributed by atoms with Gasteiger partial charge in [-0.1, -0.05) is 42.8 Å². The maximum Gasteiger partial charge on any atom is 0.243 e. The molecule has 2 heterocycles. The second kappa shape index (κ2) is 11.9. The molecule has 0 spiro atoms. The zero-order valence-corrected chi connectivity index (χ0v) is 20.6. The van der Waals surface area contributed by atoms with E-state index in [1.54, 1.807) is 16.4 Å². The van der Waals surface area contributed by atoms with Gasteiger partial charge in [-0.15, -0.1) is 0 Å². The fourth-order valence-corrected chi connectivity index (χ4v) is 6.02. The van der Waals surface area contributed by atoms with Crippen LogP contribution in [0.5, 0.6) is 0 Å². The predicted molar refractivity (Wildman–Crippen MR) is 132 cm³/mol. The fraction of sp³-hybridized carbons (Fsp3) is 0.500. The van der Waals surface area contributed by atoms with Gasteiger partial charge in [0.15, 0.2) is 0 Å². The van der Waals surface area contributed by atoms with Gasteiger partial charge < -0.3 is 10.1 Å². The minimum atomic E-state index is -3.42. The van der Waals surface area contributed by atoms with E-state index in [0.29, 0.717) is 37.4 Å². The molecule has 0 atom stereocenters. The largest absolute Gasteiger partial charge is 0.379 e. The lowest BCUT2D eigenvalue weighted by atomic mass is 10.1. The topological polar surface area (TPSA) is 79.0 Å². The molecule has 2 aromatic rings. The van der Waals surface area contributed by atoms with Crippen LogP contribution in [0, 0.1) is 0 Å². The predicted octanol–water partition coefficient (Wildman–Crippen LogP) is 2.94. The van der Waals surface area contributed by atoms with E-state index in [4.69, 9.17) is 4.74 Å². The van der Waals surface area contributed by atoms with Gasteiger partial charge in [0.25, 0.3) is 0 Å². The number of carbonyl (C=O) groups excluding carboxylic acids is 1. The average molecular weight is 486 g/mol. The molecule has 2 fully saturated rings. The van der Waals surface area contributed by atoms with Gasteiger partial charge in [-0.05, 0) is 48.1 Å². The first-order valence-electron chi connectivity index (χ1n) is 12.2. The molecule has 0 unspecified atom stereocenters. The highest BCUT2D eigenvalue weighted by Crippen LogP contribution is 2.21. The van der Waals surface area contributed by atoms with E-state index < -0.39 is 10.0 Å². The summed E-state index contributed by atoms with van der Waals surface area (Å²) in [4.78, 5) is 15.2.